The van der Waals surface area contributed by atoms with Crippen molar-refractivity contribution in [3.8, 4) is 0 Å². The van der Waals surface area contributed by atoms with Crippen LogP contribution in [0.5, 0.6) is 0 Å². The molecule has 0 spiro atoms. The van der Waals surface area contributed by atoms with E-state index in [9.17, 15) is 9.90 Å². The molecule has 1 atom stereocenters. The molecule has 0 radical (unpaired) electrons. The number of nitrogens with one attached hydrogen (secondary N) is 1. The van der Waals surface area contributed by atoms with E-state index in [-0.39, 0.29) is 24.0 Å². The van der Waals surface area contributed by atoms with E-state index in [4.69, 9.17) is 0 Å². The summed E-state index contributed by atoms with van der Waals surface area (Å²) in [5.41, 5.74) is 1.21. The zero-order chi connectivity index (χ0) is 15.2. The molecule has 0 aromatic heterocycles. The molecule has 0 saturated carbocycles. The van der Waals surface area contributed by atoms with E-state index in [2.05, 4.69) is 42.0 Å². The average Bonchev–Trinajstić information content (AvgIpc) is 2.35. The number of hydrogen-bond acceptors (Lipinski definition) is 2. The molecule has 112 valence electrons. The molecule has 0 aliphatic heterocycles. The molecule has 1 amide bonds. The molecule has 0 saturated heterocycles. The number of aryl methyl sites for hydroxylation is 1. The first-order valence-corrected chi connectivity index (χ1v) is 7.75. The van der Waals surface area contributed by atoms with Crippen LogP contribution in [0.1, 0.15) is 39.2 Å². The Bertz CT molecular complexity index is 440. The predicted octanol–water partition coefficient (Wildman–Crippen LogP) is 3.30. The van der Waals surface area contributed by atoms with E-state index in [1.54, 1.807) is 0 Å². The van der Waals surface area contributed by atoms with Gasteiger partial charge >= 0.3 is 0 Å². The van der Waals surface area contributed by atoms with Crippen molar-refractivity contribution in [3.63, 3.8) is 0 Å². The third-order valence-electron chi connectivity index (χ3n) is 3.02. The number of benzene rings is 1. The van der Waals surface area contributed by atoms with Crippen LogP contribution in [0.15, 0.2) is 28.7 Å². The van der Waals surface area contributed by atoms with E-state index in [0.717, 1.165) is 16.5 Å². The lowest BCUT2D eigenvalue weighted by Crippen LogP contribution is -2.40. The van der Waals surface area contributed by atoms with Gasteiger partial charge in [0.15, 0.2) is 0 Å². The Hall–Kier alpha value is -0.870. The number of aliphatic hydroxyl groups is 1. The summed E-state index contributed by atoms with van der Waals surface area (Å²) in [6.07, 6.45) is 1.90. The molecule has 0 aliphatic rings. The van der Waals surface area contributed by atoms with Gasteiger partial charge < -0.3 is 10.4 Å². The molecule has 4 heteroatoms. The van der Waals surface area contributed by atoms with Crippen molar-refractivity contribution in [3.05, 3.63) is 34.3 Å². The number of hydrogen-bond donors (Lipinski definition) is 2. The maximum atomic E-state index is 11.9. The van der Waals surface area contributed by atoms with Crippen LogP contribution in [-0.2, 0) is 11.2 Å². The Morgan fingerprint density at radius 3 is 2.55 bits per heavy atom. The highest BCUT2D eigenvalue weighted by atomic mass is 79.9. The van der Waals surface area contributed by atoms with Gasteiger partial charge in [-0.15, -0.1) is 0 Å². The lowest BCUT2D eigenvalue weighted by molar-refractivity contribution is -0.122. The monoisotopic (exact) mass is 341 g/mol. The second-order valence-electron chi connectivity index (χ2n) is 6.30. The maximum absolute atomic E-state index is 11.9. The summed E-state index contributed by atoms with van der Waals surface area (Å²) >= 11 is 3.48. The number of carbonyl (C=O) groups is 1. The summed E-state index contributed by atoms with van der Waals surface area (Å²) in [5.74, 6) is -0.0101. The summed E-state index contributed by atoms with van der Waals surface area (Å²) < 4.78 is 1.03. The maximum Gasteiger partial charge on any atom is 0.220 e. The van der Waals surface area contributed by atoms with Crippen molar-refractivity contribution in [2.45, 2.75) is 46.1 Å². The minimum atomic E-state index is -0.165. The SMILES string of the molecule is CC(C)(C)C[C@H](CO)NC(=O)CCc1ccccc1Br. The van der Waals surface area contributed by atoms with Gasteiger partial charge in [-0.2, -0.15) is 0 Å². The fourth-order valence-corrected chi connectivity index (χ4v) is 2.63. The van der Waals surface area contributed by atoms with Crippen LogP contribution in [0, 0.1) is 5.41 Å². The molecule has 1 aromatic carbocycles. The molecule has 1 rings (SSSR count). The first kappa shape index (κ1) is 17.2. The van der Waals surface area contributed by atoms with Crippen molar-refractivity contribution in [2.75, 3.05) is 6.61 Å². The zero-order valence-electron chi connectivity index (χ0n) is 12.4. The van der Waals surface area contributed by atoms with E-state index in [1.807, 2.05) is 24.3 Å². The Labute approximate surface area is 129 Å². The molecule has 0 fully saturated rings. The normalized spacial score (nSPS) is 13.1. The molecular weight excluding hydrogens is 318 g/mol. The van der Waals surface area contributed by atoms with Gasteiger partial charge in [-0.25, -0.2) is 0 Å². The van der Waals surface area contributed by atoms with Gasteiger partial charge in [-0.05, 0) is 29.9 Å². The number of carbonyl (C=O) groups excluding carboxylic acids is 1. The summed E-state index contributed by atoms with van der Waals surface area (Å²) in [4.78, 5) is 11.9. The van der Waals surface area contributed by atoms with Crippen LogP contribution in [0.3, 0.4) is 0 Å². The number of halogens is 1. The van der Waals surface area contributed by atoms with Gasteiger partial charge in [0.1, 0.15) is 0 Å². The zero-order valence-corrected chi connectivity index (χ0v) is 14.0. The minimum absolute atomic E-state index is 0.0101. The van der Waals surface area contributed by atoms with Crippen LogP contribution in [-0.4, -0.2) is 23.7 Å². The van der Waals surface area contributed by atoms with Crippen LogP contribution in [0.25, 0.3) is 0 Å². The molecule has 20 heavy (non-hydrogen) atoms. The van der Waals surface area contributed by atoms with Crippen molar-refractivity contribution >= 4 is 21.8 Å². The van der Waals surface area contributed by atoms with Gasteiger partial charge in [0.05, 0.1) is 12.6 Å². The molecule has 1 aromatic rings. The van der Waals surface area contributed by atoms with Gasteiger partial charge in [0, 0.05) is 10.9 Å². The molecule has 2 N–H and O–H groups in total. The lowest BCUT2D eigenvalue weighted by Gasteiger charge is -2.25. The number of rotatable bonds is 6. The molecule has 0 aliphatic carbocycles. The Morgan fingerprint density at radius 1 is 1.35 bits per heavy atom. The molecule has 3 nitrogen and oxygen atoms in total. The largest absolute Gasteiger partial charge is 0.394 e. The fraction of sp³-hybridized carbons (Fsp3) is 0.562. The molecule has 0 unspecified atom stereocenters. The molecule has 0 bridgehead atoms. The summed E-state index contributed by atoms with van der Waals surface area (Å²) in [7, 11) is 0. The quantitative estimate of drug-likeness (QED) is 0.833. The van der Waals surface area contributed by atoms with Crippen LogP contribution >= 0.6 is 15.9 Å². The highest BCUT2D eigenvalue weighted by Crippen LogP contribution is 2.21. The van der Waals surface area contributed by atoms with Gasteiger partial charge in [0.25, 0.3) is 0 Å². The van der Waals surface area contributed by atoms with E-state index >= 15 is 0 Å². The van der Waals surface area contributed by atoms with Crippen LogP contribution < -0.4 is 5.32 Å². The molecule has 0 heterocycles. The van der Waals surface area contributed by atoms with Gasteiger partial charge in [-0.3, -0.25) is 4.79 Å². The Balaban J connectivity index is 2.45. The predicted molar refractivity (Wildman–Crippen MR) is 85.6 cm³/mol. The lowest BCUT2D eigenvalue weighted by atomic mass is 9.88. The van der Waals surface area contributed by atoms with Crippen LogP contribution in [0.2, 0.25) is 0 Å². The Morgan fingerprint density at radius 2 is 2.00 bits per heavy atom. The average molecular weight is 342 g/mol. The van der Waals surface area contributed by atoms with Crippen molar-refractivity contribution < 1.29 is 9.90 Å². The summed E-state index contributed by atoms with van der Waals surface area (Å²) in [6, 6.07) is 7.74. The first-order valence-electron chi connectivity index (χ1n) is 6.95. The van der Waals surface area contributed by atoms with Crippen LogP contribution in [0.4, 0.5) is 0 Å². The van der Waals surface area contributed by atoms with Crippen molar-refractivity contribution in [2.24, 2.45) is 5.41 Å². The van der Waals surface area contributed by atoms with Gasteiger partial charge in [0.2, 0.25) is 5.91 Å². The van der Waals surface area contributed by atoms with E-state index in [1.165, 1.54) is 0 Å². The van der Waals surface area contributed by atoms with Gasteiger partial charge in [-0.1, -0.05) is 54.9 Å². The standard InChI is InChI=1S/C16H24BrNO2/c1-16(2,3)10-13(11-19)18-15(20)9-8-12-6-4-5-7-14(12)17/h4-7,13,19H,8-11H2,1-3H3,(H,18,20)/t13-/m1/s1. The van der Waals surface area contributed by atoms with E-state index < -0.39 is 0 Å². The minimum Gasteiger partial charge on any atom is -0.394 e. The highest BCUT2D eigenvalue weighted by molar-refractivity contribution is 9.10. The topological polar surface area (TPSA) is 49.3 Å². The van der Waals surface area contributed by atoms with Crippen molar-refractivity contribution in [1.82, 2.24) is 5.32 Å². The highest BCUT2D eigenvalue weighted by Gasteiger charge is 2.19. The summed E-state index contributed by atoms with van der Waals surface area (Å²) in [5, 5.41) is 12.3. The number of aliphatic hydroxyl groups excluding tert-OH is 1. The fourth-order valence-electron chi connectivity index (χ4n) is 2.15. The third kappa shape index (κ3) is 6.53. The summed E-state index contributed by atoms with van der Waals surface area (Å²) in [6.45, 7) is 6.28. The Kier molecular flexibility index (Phi) is 6.69. The molecular formula is C16H24BrNO2. The second kappa shape index (κ2) is 7.79. The third-order valence-corrected chi connectivity index (χ3v) is 3.80. The van der Waals surface area contributed by atoms with E-state index in [0.29, 0.717) is 12.8 Å². The second-order valence-corrected chi connectivity index (χ2v) is 7.16. The smallest absolute Gasteiger partial charge is 0.220 e. The number of amides is 1. The van der Waals surface area contributed by atoms with Crippen molar-refractivity contribution in [1.29, 1.82) is 0 Å². The first-order chi connectivity index (χ1) is 9.31.